The molecule has 5 rings (SSSR count). The van der Waals surface area contributed by atoms with Crippen LogP contribution in [0.4, 0.5) is 0 Å². The Morgan fingerprint density at radius 1 is 0.903 bits per heavy atom. The highest BCUT2D eigenvalue weighted by molar-refractivity contribution is 7.90. The summed E-state index contributed by atoms with van der Waals surface area (Å²) < 4.78 is 40.9. The number of hydrogen-bond donors (Lipinski definition) is 0. The molecular weight excluding hydrogens is 416 g/mol. The Morgan fingerprint density at radius 2 is 1.65 bits per heavy atom. The number of aryl methyl sites for hydroxylation is 1. The van der Waals surface area contributed by atoms with Crippen molar-refractivity contribution in [3.8, 4) is 33.9 Å². The van der Waals surface area contributed by atoms with Crippen molar-refractivity contribution in [1.29, 1.82) is 0 Å². The monoisotopic (exact) mass is 434 g/mol. The predicted octanol–water partition coefficient (Wildman–Crippen LogP) is 4.57. The van der Waals surface area contributed by atoms with Gasteiger partial charge < -0.3 is 13.9 Å². The Bertz CT molecular complexity index is 1500. The molecule has 0 N–H and O–H groups in total. The van der Waals surface area contributed by atoms with Gasteiger partial charge >= 0.3 is 0 Å². The minimum absolute atomic E-state index is 0.131. The fourth-order valence-corrected chi connectivity index (χ4v) is 4.42. The fourth-order valence-electron chi connectivity index (χ4n) is 3.79. The van der Waals surface area contributed by atoms with E-state index in [4.69, 9.17) is 13.9 Å². The summed E-state index contributed by atoms with van der Waals surface area (Å²) in [6.07, 6.45) is 1.15. The highest BCUT2D eigenvalue weighted by Gasteiger charge is 2.23. The number of fused-ring (bicyclic) bond motifs is 2. The molecule has 1 aromatic heterocycles. The lowest BCUT2D eigenvalue weighted by atomic mass is 9.96. The normalized spacial score (nSPS) is 13.0. The van der Waals surface area contributed by atoms with Crippen LogP contribution in [0.15, 0.2) is 74.8 Å². The highest BCUT2D eigenvalue weighted by Crippen LogP contribution is 2.41. The zero-order valence-electron chi connectivity index (χ0n) is 16.8. The zero-order valence-corrected chi connectivity index (χ0v) is 17.7. The van der Waals surface area contributed by atoms with Gasteiger partial charge in [-0.05, 0) is 66.6 Å². The molecule has 7 heteroatoms. The van der Waals surface area contributed by atoms with E-state index in [1.54, 1.807) is 42.5 Å². The number of para-hydroxylation sites is 1. The third-order valence-electron chi connectivity index (χ3n) is 5.29. The third kappa shape index (κ3) is 3.27. The molecule has 0 saturated carbocycles. The van der Waals surface area contributed by atoms with Crippen molar-refractivity contribution in [3.05, 3.63) is 76.5 Å². The van der Waals surface area contributed by atoms with E-state index in [1.165, 1.54) is 12.1 Å². The van der Waals surface area contributed by atoms with E-state index in [-0.39, 0.29) is 17.1 Å². The summed E-state index contributed by atoms with van der Waals surface area (Å²) in [5, 5.41) is 0.462. The lowest BCUT2D eigenvalue weighted by Gasteiger charge is -2.12. The predicted molar refractivity (Wildman–Crippen MR) is 117 cm³/mol. The van der Waals surface area contributed by atoms with E-state index < -0.39 is 9.84 Å². The maximum Gasteiger partial charge on any atom is 0.231 e. The summed E-state index contributed by atoms with van der Waals surface area (Å²) in [6, 6.07) is 17.0. The molecule has 0 fully saturated rings. The van der Waals surface area contributed by atoms with Crippen molar-refractivity contribution < 1.29 is 22.3 Å². The van der Waals surface area contributed by atoms with Gasteiger partial charge in [0.05, 0.1) is 15.8 Å². The Hall–Kier alpha value is -3.58. The summed E-state index contributed by atoms with van der Waals surface area (Å²) in [4.78, 5) is 13.7. The van der Waals surface area contributed by atoms with Crippen LogP contribution in [0.5, 0.6) is 11.5 Å². The molecular formula is C24H18O6S. The molecule has 156 valence electrons. The summed E-state index contributed by atoms with van der Waals surface area (Å²) in [6.45, 7) is 2.02. The van der Waals surface area contributed by atoms with Crippen molar-refractivity contribution in [2.45, 2.75) is 11.8 Å². The first-order chi connectivity index (χ1) is 14.8. The molecule has 0 spiro atoms. The average Bonchev–Trinajstić information content (AvgIpc) is 3.22. The second kappa shape index (κ2) is 6.99. The zero-order chi connectivity index (χ0) is 21.8. The highest BCUT2D eigenvalue weighted by atomic mass is 32.2. The molecule has 0 aliphatic carbocycles. The molecule has 1 aliphatic heterocycles. The number of rotatable bonds is 3. The molecule has 0 saturated heterocycles. The standard InChI is InChI=1S/C24H18O6S/c1-14-11-16(12-20-23(14)29-13-28-20)21-22(25)18-5-3-4-6-19(18)30-24(21)15-7-9-17(10-8-15)31(2,26)27/h3-12H,13H2,1-2H3. The largest absolute Gasteiger partial charge is 0.455 e. The molecule has 0 radical (unpaired) electrons. The van der Waals surface area contributed by atoms with Gasteiger partial charge in [0, 0.05) is 11.8 Å². The summed E-state index contributed by atoms with van der Waals surface area (Å²) >= 11 is 0. The van der Waals surface area contributed by atoms with E-state index >= 15 is 0 Å². The van der Waals surface area contributed by atoms with Gasteiger partial charge in [-0.15, -0.1) is 0 Å². The molecule has 0 amide bonds. The maximum atomic E-state index is 13.5. The third-order valence-corrected chi connectivity index (χ3v) is 6.42. The second-order valence-corrected chi connectivity index (χ2v) is 9.47. The lowest BCUT2D eigenvalue weighted by Crippen LogP contribution is -2.07. The minimum atomic E-state index is -3.34. The second-order valence-electron chi connectivity index (χ2n) is 7.45. The van der Waals surface area contributed by atoms with Gasteiger partial charge in [0.15, 0.2) is 21.3 Å². The van der Waals surface area contributed by atoms with E-state index in [1.807, 2.05) is 13.0 Å². The van der Waals surface area contributed by atoms with Crippen molar-refractivity contribution in [2.75, 3.05) is 13.0 Å². The maximum absolute atomic E-state index is 13.5. The van der Waals surface area contributed by atoms with Crippen LogP contribution in [0.3, 0.4) is 0 Å². The van der Waals surface area contributed by atoms with E-state index in [2.05, 4.69) is 0 Å². The first-order valence-electron chi connectivity index (χ1n) is 9.60. The first-order valence-corrected chi connectivity index (χ1v) is 11.5. The Kier molecular flexibility index (Phi) is 4.37. The minimum Gasteiger partial charge on any atom is -0.455 e. The van der Waals surface area contributed by atoms with Crippen LogP contribution in [0, 0.1) is 6.92 Å². The Morgan fingerprint density at radius 3 is 2.39 bits per heavy atom. The van der Waals surface area contributed by atoms with Crippen molar-refractivity contribution in [3.63, 3.8) is 0 Å². The molecule has 0 bridgehead atoms. The van der Waals surface area contributed by atoms with Crippen molar-refractivity contribution in [2.24, 2.45) is 0 Å². The molecule has 1 aliphatic rings. The fraction of sp³-hybridized carbons (Fsp3) is 0.125. The number of ether oxygens (including phenoxy) is 2. The number of sulfone groups is 1. The summed E-state index contributed by atoms with van der Waals surface area (Å²) in [5.74, 6) is 1.59. The molecule has 3 aromatic carbocycles. The molecule has 0 unspecified atom stereocenters. The van der Waals surface area contributed by atoms with Crippen LogP contribution < -0.4 is 14.9 Å². The lowest BCUT2D eigenvalue weighted by molar-refractivity contribution is 0.173. The van der Waals surface area contributed by atoms with Crippen LogP contribution in [0.2, 0.25) is 0 Å². The van der Waals surface area contributed by atoms with Crippen molar-refractivity contribution >= 4 is 20.8 Å². The van der Waals surface area contributed by atoms with Crippen LogP contribution in [0.1, 0.15) is 5.56 Å². The van der Waals surface area contributed by atoms with Gasteiger partial charge in [0.1, 0.15) is 11.3 Å². The Labute approximate surface area is 178 Å². The number of hydrogen-bond acceptors (Lipinski definition) is 6. The molecule has 6 nitrogen and oxygen atoms in total. The van der Waals surface area contributed by atoms with E-state index in [9.17, 15) is 13.2 Å². The van der Waals surface area contributed by atoms with Gasteiger partial charge in [-0.25, -0.2) is 8.42 Å². The van der Waals surface area contributed by atoms with Gasteiger partial charge in [0.2, 0.25) is 12.2 Å². The SMILES string of the molecule is Cc1cc(-c2c(-c3ccc(S(C)(=O)=O)cc3)oc3ccccc3c2=O)cc2c1OCO2. The van der Waals surface area contributed by atoms with Crippen LogP contribution in [-0.4, -0.2) is 21.5 Å². The summed E-state index contributed by atoms with van der Waals surface area (Å²) in [5.41, 5.74) is 2.74. The van der Waals surface area contributed by atoms with Gasteiger partial charge in [-0.1, -0.05) is 12.1 Å². The van der Waals surface area contributed by atoms with Crippen LogP contribution >= 0.6 is 0 Å². The average molecular weight is 434 g/mol. The molecule has 31 heavy (non-hydrogen) atoms. The van der Waals surface area contributed by atoms with Crippen LogP contribution in [0.25, 0.3) is 33.4 Å². The van der Waals surface area contributed by atoms with Gasteiger partial charge in [-0.2, -0.15) is 0 Å². The Balaban J connectivity index is 1.81. The number of benzene rings is 3. The molecule has 0 atom stereocenters. The molecule has 4 aromatic rings. The smallest absolute Gasteiger partial charge is 0.231 e. The molecule has 2 heterocycles. The van der Waals surface area contributed by atoms with Crippen molar-refractivity contribution in [1.82, 2.24) is 0 Å². The topological polar surface area (TPSA) is 82.8 Å². The van der Waals surface area contributed by atoms with Crippen LogP contribution in [-0.2, 0) is 9.84 Å². The quantitative estimate of drug-likeness (QED) is 0.470. The summed E-state index contributed by atoms with van der Waals surface area (Å²) in [7, 11) is -3.34. The van der Waals surface area contributed by atoms with E-state index in [0.717, 1.165) is 11.8 Å². The van der Waals surface area contributed by atoms with Gasteiger partial charge in [-0.3, -0.25) is 4.79 Å². The van der Waals surface area contributed by atoms with E-state index in [0.29, 0.717) is 44.9 Å². The first kappa shape index (κ1) is 19.4. The van der Waals surface area contributed by atoms with Gasteiger partial charge in [0.25, 0.3) is 0 Å².